The van der Waals surface area contributed by atoms with E-state index in [2.05, 4.69) is 54.0 Å². The number of anilines is 1. The summed E-state index contributed by atoms with van der Waals surface area (Å²) in [5, 5.41) is 11.5. The van der Waals surface area contributed by atoms with E-state index < -0.39 is 6.10 Å². The average Bonchev–Trinajstić information content (AvgIpc) is 3.07. The van der Waals surface area contributed by atoms with Crippen molar-refractivity contribution in [3.05, 3.63) is 42.0 Å². The number of piperazine rings is 1. The van der Waals surface area contributed by atoms with Crippen LogP contribution >= 0.6 is 0 Å². The Morgan fingerprint density at radius 3 is 2.63 bits per heavy atom. The lowest BCUT2D eigenvalue weighted by atomic mass is 9.55. The fraction of sp³-hybridized carbons (Fsp3) is 0.640. The fourth-order valence-corrected chi connectivity index (χ4v) is 6.38. The molecule has 1 aromatic rings. The van der Waals surface area contributed by atoms with Crippen LogP contribution in [0.4, 0.5) is 5.69 Å². The number of aliphatic hydroxyl groups excluding tert-OH is 1. The zero-order valence-electron chi connectivity index (χ0n) is 18.2. The summed E-state index contributed by atoms with van der Waals surface area (Å²) in [7, 11) is 0. The van der Waals surface area contributed by atoms with E-state index in [4.69, 9.17) is 4.74 Å². The molecule has 6 atom stereocenters. The summed E-state index contributed by atoms with van der Waals surface area (Å²) in [5.74, 6) is 0.0115. The zero-order valence-corrected chi connectivity index (χ0v) is 18.2. The van der Waals surface area contributed by atoms with Crippen LogP contribution < -0.4 is 4.90 Å². The van der Waals surface area contributed by atoms with Crippen molar-refractivity contribution < 1.29 is 14.6 Å². The maximum atomic E-state index is 12.8. The average molecular weight is 411 g/mol. The van der Waals surface area contributed by atoms with Crippen LogP contribution in [0.2, 0.25) is 0 Å². The molecule has 2 aliphatic heterocycles. The largest absolute Gasteiger partial charge is 0.461 e. The Labute approximate surface area is 179 Å². The second-order valence-corrected chi connectivity index (χ2v) is 9.92. The number of hydrogen-bond acceptors (Lipinski definition) is 5. The Morgan fingerprint density at radius 2 is 1.90 bits per heavy atom. The molecule has 2 aliphatic carbocycles. The predicted octanol–water partition coefficient (Wildman–Crippen LogP) is 3.09. The van der Waals surface area contributed by atoms with Gasteiger partial charge < -0.3 is 14.7 Å². The van der Waals surface area contributed by atoms with Crippen LogP contribution in [0.3, 0.4) is 0 Å². The van der Waals surface area contributed by atoms with Gasteiger partial charge in [0.2, 0.25) is 0 Å². The number of carbonyl (C=O) groups excluding carboxylic acids is 1. The first-order valence-corrected chi connectivity index (χ1v) is 11.6. The molecule has 162 valence electrons. The minimum atomic E-state index is -0.514. The third-order valence-corrected chi connectivity index (χ3v) is 8.52. The topological polar surface area (TPSA) is 53.0 Å². The molecule has 5 rings (SSSR count). The van der Waals surface area contributed by atoms with Gasteiger partial charge in [0.25, 0.3) is 0 Å². The maximum absolute atomic E-state index is 12.8. The van der Waals surface area contributed by atoms with E-state index in [-0.39, 0.29) is 29.3 Å². The molecule has 4 aliphatic rings. The molecule has 30 heavy (non-hydrogen) atoms. The molecule has 0 radical (unpaired) electrons. The summed E-state index contributed by atoms with van der Waals surface area (Å²) in [6.07, 6.45) is 4.59. The molecule has 3 fully saturated rings. The van der Waals surface area contributed by atoms with E-state index in [1.807, 2.05) is 6.07 Å². The summed E-state index contributed by atoms with van der Waals surface area (Å²) in [5.41, 5.74) is 2.34. The van der Waals surface area contributed by atoms with E-state index in [0.717, 1.165) is 45.4 Å². The summed E-state index contributed by atoms with van der Waals surface area (Å²) >= 11 is 0. The molecule has 6 unspecified atom stereocenters. The number of para-hydroxylation sites is 1. The van der Waals surface area contributed by atoms with Crippen molar-refractivity contribution in [3.63, 3.8) is 0 Å². The Bertz CT molecular complexity index is 817. The summed E-state index contributed by atoms with van der Waals surface area (Å²) in [4.78, 5) is 17.6. The number of nitrogens with zero attached hydrogens (tertiary/aromatic N) is 2. The predicted molar refractivity (Wildman–Crippen MR) is 117 cm³/mol. The van der Waals surface area contributed by atoms with Crippen molar-refractivity contribution in [2.24, 2.45) is 23.2 Å². The van der Waals surface area contributed by atoms with E-state index in [1.54, 1.807) is 0 Å². The van der Waals surface area contributed by atoms with Gasteiger partial charge in [0, 0.05) is 56.2 Å². The first kappa shape index (κ1) is 20.1. The monoisotopic (exact) mass is 410 g/mol. The lowest BCUT2D eigenvalue weighted by molar-refractivity contribution is -0.145. The van der Waals surface area contributed by atoms with Gasteiger partial charge in [0.05, 0.1) is 12.0 Å². The van der Waals surface area contributed by atoms with Crippen LogP contribution in [0.25, 0.3) is 0 Å². The summed E-state index contributed by atoms with van der Waals surface area (Å²) in [6.45, 7) is 8.96. The van der Waals surface area contributed by atoms with Gasteiger partial charge in [-0.25, -0.2) is 0 Å². The number of fused-ring (bicyclic) bond motifs is 2. The van der Waals surface area contributed by atoms with Gasteiger partial charge in [-0.1, -0.05) is 43.7 Å². The molecule has 5 heteroatoms. The summed E-state index contributed by atoms with van der Waals surface area (Å²) < 4.78 is 5.83. The van der Waals surface area contributed by atoms with Crippen LogP contribution in [0.1, 0.15) is 33.1 Å². The first-order valence-electron chi connectivity index (χ1n) is 11.6. The third kappa shape index (κ3) is 3.18. The number of ether oxygens (including phenoxy) is 1. The van der Waals surface area contributed by atoms with Crippen LogP contribution in [-0.4, -0.2) is 60.9 Å². The van der Waals surface area contributed by atoms with Crippen LogP contribution in [0.15, 0.2) is 42.0 Å². The van der Waals surface area contributed by atoms with E-state index in [1.165, 1.54) is 11.3 Å². The molecular formula is C25H34N2O3. The second-order valence-electron chi connectivity index (χ2n) is 9.92. The standard InChI is InChI=1S/C25H34N2O3/c1-17-7-6-8-18-15-21-22(23(28)25(17,18)2)20(24(29)30-21)16-26-11-13-27(14-12-26)19-9-4-3-5-10-19/h3-5,8-10,17,20-23,28H,6-7,11-16H2,1-2H3. The second kappa shape index (κ2) is 7.69. The number of benzene rings is 1. The molecule has 0 aromatic heterocycles. The Hall–Kier alpha value is -1.85. The molecule has 2 saturated heterocycles. The van der Waals surface area contributed by atoms with Crippen LogP contribution in [0, 0.1) is 23.2 Å². The van der Waals surface area contributed by atoms with Crippen molar-refractivity contribution in [2.75, 3.05) is 37.6 Å². The minimum Gasteiger partial charge on any atom is -0.461 e. The van der Waals surface area contributed by atoms with Crippen LogP contribution in [0.5, 0.6) is 0 Å². The Kier molecular flexibility index (Phi) is 5.14. The van der Waals surface area contributed by atoms with Crippen molar-refractivity contribution in [3.8, 4) is 0 Å². The lowest BCUT2D eigenvalue weighted by Gasteiger charge is -2.52. The van der Waals surface area contributed by atoms with Gasteiger partial charge in [-0.2, -0.15) is 0 Å². The highest BCUT2D eigenvalue weighted by Gasteiger charge is 2.59. The van der Waals surface area contributed by atoms with Crippen molar-refractivity contribution in [1.82, 2.24) is 4.90 Å². The Morgan fingerprint density at radius 1 is 1.17 bits per heavy atom. The molecule has 2 heterocycles. The molecule has 0 amide bonds. The number of hydrogen-bond donors (Lipinski definition) is 1. The SMILES string of the molecule is CC1CCC=C2CC3OC(=O)C(CN4CCN(c5ccccc5)CC4)C3C(O)C21C. The van der Waals surface area contributed by atoms with E-state index >= 15 is 0 Å². The van der Waals surface area contributed by atoms with E-state index in [9.17, 15) is 9.90 Å². The van der Waals surface area contributed by atoms with E-state index in [0.29, 0.717) is 12.5 Å². The fourth-order valence-electron chi connectivity index (χ4n) is 6.38. The van der Waals surface area contributed by atoms with Crippen molar-refractivity contribution in [2.45, 2.75) is 45.3 Å². The quantitative estimate of drug-likeness (QED) is 0.613. The van der Waals surface area contributed by atoms with Gasteiger partial charge in [-0.3, -0.25) is 9.69 Å². The molecule has 1 aromatic carbocycles. The zero-order chi connectivity index (χ0) is 20.9. The number of carbonyl (C=O) groups is 1. The molecule has 0 bridgehead atoms. The highest BCUT2D eigenvalue weighted by atomic mass is 16.6. The van der Waals surface area contributed by atoms with Gasteiger partial charge in [-0.05, 0) is 30.9 Å². The highest BCUT2D eigenvalue weighted by molar-refractivity contribution is 5.76. The van der Waals surface area contributed by atoms with Crippen molar-refractivity contribution in [1.29, 1.82) is 0 Å². The van der Waals surface area contributed by atoms with Gasteiger partial charge in [0.1, 0.15) is 6.10 Å². The number of allylic oxidation sites excluding steroid dienone is 1. The molecule has 5 nitrogen and oxygen atoms in total. The number of aliphatic hydroxyl groups is 1. The molecule has 0 spiro atoms. The number of esters is 1. The van der Waals surface area contributed by atoms with Gasteiger partial charge in [0.15, 0.2) is 0 Å². The van der Waals surface area contributed by atoms with Gasteiger partial charge in [-0.15, -0.1) is 0 Å². The van der Waals surface area contributed by atoms with Crippen LogP contribution in [-0.2, 0) is 9.53 Å². The maximum Gasteiger partial charge on any atom is 0.311 e. The smallest absolute Gasteiger partial charge is 0.311 e. The number of rotatable bonds is 3. The molecule has 1 saturated carbocycles. The third-order valence-electron chi connectivity index (χ3n) is 8.52. The molecule has 1 N–H and O–H groups in total. The summed E-state index contributed by atoms with van der Waals surface area (Å²) in [6, 6.07) is 10.5. The highest BCUT2D eigenvalue weighted by Crippen LogP contribution is 2.56. The normalized spacial score (nSPS) is 39.2. The van der Waals surface area contributed by atoms with Crippen molar-refractivity contribution >= 4 is 11.7 Å². The Balaban J connectivity index is 1.28. The van der Waals surface area contributed by atoms with Gasteiger partial charge >= 0.3 is 5.97 Å². The lowest BCUT2D eigenvalue weighted by Crippen LogP contribution is -2.55. The minimum absolute atomic E-state index is 0.0904. The first-order chi connectivity index (χ1) is 14.5. The molecular weight excluding hydrogens is 376 g/mol.